The van der Waals surface area contributed by atoms with E-state index in [1.807, 2.05) is 29.8 Å². The predicted molar refractivity (Wildman–Crippen MR) is 84.4 cm³/mol. The second-order valence-corrected chi connectivity index (χ2v) is 5.35. The summed E-state index contributed by atoms with van der Waals surface area (Å²) in [7, 11) is 1.63. The lowest BCUT2D eigenvalue weighted by Gasteiger charge is -2.20. The Kier molecular flexibility index (Phi) is 5.22. The van der Waals surface area contributed by atoms with Gasteiger partial charge in [-0.1, -0.05) is 30.7 Å². The first kappa shape index (κ1) is 15.8. The fraction of sp³-hybridized carbons (Fsp3) is 0.400. The molecule has 1 aromatic heterocycles. The van der Waals surface area contributed by atoms with Gasteiger partial charge in [0.15, 0.2) is 5.75 Å². The highest BCUT2D eigenvalue weighted by atomic mass is 35.5. The van der Waals surface area contributed by atoms with Crippen LogP contribution in [0.2, 0.25) is 5.02 Å². The molecular formula is C15H21ClN4O. The molecule has 1 unspecified atom stereocenters. The van der Waals surface area contributed by atoms with Crippen molar-refractivity contribution in [3.63, 3.8) is 0 Å². The second kappa shape index (κ2) is 6.93. The number of rotatable bonds is 6. The molecule has 0 radical (unpaired) electrons. The quantitative estimate of drug-likeness (QED) is 0.636. The molecule has 1 heterocycles. The van der Waals surface area contributed by atoms with E-state index >= 15 is 0 Å². The first-order valence-electron chi connectivity index (χ1n) is 6.94. The predicted octanol–water partition coefficient (Wildman–Crippen LogP) is 2.82. The number of ether oxygens (including phenoxy) is 1. The fourth-order valence-electron chi connectivity index (χ4n) is 2.40. The van der Waals surface area contributed by atoms with Gasteiger partial charge in [-0.15, -0.1) is 0 Å². The van der Waals surface area contributed by atoms with Crippen molar-refractivity contribution in [1.29, 1.82) is 0 Å². The van der Waals surface area contributed by atoms with E-state index in [2.05, 4.69) is 17.4 Å². The summed E-state index contributed by atoms with van der Waals surface area (Å²) >= 11 is 6.38. The molecule has 1 atom stereocenters. The summed E-state index contributed by atoms with van der Waals surface area (Å²) in [5.41, 5.74) is 5.72. The normalized spacial score (nSPS) is 12.4. The molecule has 0 spiro atoms. The average molecular weight is 309 g/mol. The first-order valence-corrected chi connectivity index (χ1v) is 7.32. The molecule has 3 N–H and O–H groups in total. The van der Waals surface area contributed by atoms with Gasteiger partial charge in [-0.2, -0.15) is 5.10 Å². The van der Waals surface area contributed by atoms with Gasteiger partial charge in [-0.05, 0) is 30.5 Å². The Morgan fingerprint density at radius 3 is 2.81 bits per heavy atom. The lowest BCUT2D eigenvalue weighted by Crippen LogP contribution is -2.31. The highest BCUT2D eigenvalue weighted by Gasteiger charge is 2.24. The van der Waals surface area contributed by atoms with E-state index in [0.717, 1.165) is 29.8 Å². The highest BCUT2D eigenvalue weighted by molar-refractivity contribution is 6.31. The molecule has 2 aromatic rings. The minimum atomic E-state index is -0.276. The summed E-state index contributed by atoms with van der Waals surface area (Å²) in [5, 5.41) is 5.04. The van der Waals surface area contributed by atoms with Crippen LogP contribution in [-0.4, -0.2) is 16.9 Å². The SMILES string of the molecule is CCCn1ncc(OC)c1C(NN)c1ccc(C)cc1Cl. The van der Waals surface area contributed by atoms with E-state index in [0.29, 0.717) is 10.8 Å². The van der Waals surface area contributed by atoms with Crippen LogP contribution in [0.1, 0.15) is 36.2 Å². The van der Waals surface area contributed by atoms with Crippen LogP contribution in [0.4, 0.5) is 0 Å². The number of methoxy groups -OCH3 is 1. The van der Waals surface area contributed by atoms with Crippen LogP contribution in [0.3, 0.4) is 0 Å². The van der Waals surface area contributed by atoms with E-state index in [1.165, 1.54) is 0 Å². The lowest BCUT2D eigenvalue weighted by molar-refractivity contribution is 0.398. The van der Waals surface area contributed by atoms with Crippen molar-refractivity contribution in [2.75, 3.05) is 7.11 Å². The maximum absolute atomic E-state index is 6.38. The Hall–Kier alpha value is -1.56. The van der Waals surface area contributed by atoms with Crippen molar-refractivity contribution >= 4 is 11.6 Å². The minimum Gasteiger partial charge on any atom is -0.493 e. The van der Waals surface area contributed by atoms with Crippen molar-refractivity contribution in [1.82, 2.24) is 15.2 Å². The first-order chi connectivity index (χ1) is 10.1. The van der Waals surface area contributed by atoms with Gasteiger partial charge in [-0.25, -0.2) is 5.43 Å². The van der Waals surface area contributed by atoms with Crippen molar-refractivity contribution < 1.29 is 4.74 Å². The molecular weight excluding hydrogens is 288 g/mol. The molecule has 21 heavy (non-hydrogen) atoms. The second-order valence-electron chi connectivity index (χ2n) is 4.95. The molecule has 5 nitrogen and oxygen atoms in total. The molecule has 0 saturated carbocycles. The van der Waals surface area contributed by atoms with Gasteiger partial charge in [0.2, 0.25) is 0 Å². The monoisotopic (exact) mass is 308 g/mol. The van der Waals surface area contributed by atoms with Gasteiger partial charge in [0.25, 0.3) is 0 Å². The van der Waals surface area contributed by atoms with Crippen LogP contribution in [-0.2, 0) is 6.54 Å². The van der Waals surface area contributed by atoms with E-state index in [9.17, 15) is 0 Å². The third kappa shape index (κ3) is 3.20. The van der Waals surface area contributed by atoms with Crippen LogP contribution in [0.25, 0.3) is 0 Å². The van der Waals surface area contributed by atoms with Gasteiger partial charge in [0, 0.05) is 11.6 Å². The lowest BCUT2D eigenvalue weighted by atomic mass is 10.0. The molecule has 114 valence electrons. The Morgan fingerprint density at radius 1 is 1.48 bits per heavy atom. The van der Waals surface area contributed by atoms with E-state index in [1.54, 1.807) is 13.3 Å². The number of nitrogens with one attached hydrogen (secondary N) is 1. The van der Waals surface area contributed by atoms with E-state index < -0.39 is 0 Å². The number of hydrazine groups is 1. The molecule has 2 rings (SSSR count). The third-order valence-electron chi connectivity index (χ3n) is 3.41. The molecule has 0 bridgehead atoms. The zero-order chi connectivity index (χ0) is 15.4. The summed E-state index contributed by atoms with van der Waals surface area (Å²) in [4.78, 5) is 0. The number of aryl methyl sites for hydroxylation is 2. The number of nitrogens with zero attached hydrogens (tertiary/aromatic N) is 2. The Morgan fingerprint density at radius 2 is 2.24 bits per heavy atom. The van der Waals surface area contributed by atoms with Crippen molar-refractivity contribution in [2.45, 2.75) is 32.9 Å². The van der Waals surface area contributed by atoms with Gasteiger partial charge in [0.05, 0.1) is 19.3 Å². The van der Waals surface area contributed by atoms with E-state index in [4.69, 9.17) is 22.2 Å². The average Bonchev–Trinajstić information content (AvgIpc) is 2.85. The zero-order valence-corrected chi connectivity index (χ0v) is 13.3. The zero-order valence-electron chi connectivity index (χ0n) is 12.6. The van der Waals surface area contributed by atoms with Gasteiger partial charge < -0.3 is 4.74 Å². The van der Waals surface area contributed by atoms with Crippen molar-refractivity contribution in [3.05, 3.63) is 46.2 Å². The van der Waals surface area contributed by atoms with Crippen LogP contribution < -0.4 is 16.0 Å². The number of halogens is 1. The molecule has 1 aromatic carbocycles. The topological polar surface area (TPSA) is 65.1 Å². The van der Waals surface area contributed by atoms with Crippen LogP contribution in [0, 0.1) is 6.92 Å². The van der Waals surface area contributed by atoms with Crippen molar-refractivity contribution in [2.24, 2.45) is 5.84 Å². The standard InChI is InChI=1S/C15H21ClN4O/c1-4-7-20-15(13(21-3)9-18-20)14(19-17)11-6-5-10(2)8-12(11)16/h5-6,8-9,14,19H,4,7,17H2,1-3H3. The molecule has 0 aliphatic heterocycles. The summed E-state index contributed by atoms with van der Waals surface area (Å²) < 4.78 is 7.32. The van der Waals surface area contributed by atoms with Crippen LogP contribution >= 0.6 is 11.6 Å². The molecule has 0 aliphatic rings. The molecule has 0 aliphatic carbocycles. The Labute approximate surface area is 130 Å². The largest absolute Gasteiger partial charge is 0.493 e. The number of nitrogens with two attached hydrogens (primary N) is 1. The van der Waals surface area contributed by atoms with Gasteiger partial charge in [0.1, 0.15) is 5.69 Å². The maximum Gasteiger partial charge on any atom is 0.161 e. The number of hydrogen-bond donors (Lipinski definition) is 2. The fourth-order valence-corrected chi connectivity index (χ4v) is 2.74. The Bertz CT molecular complexity index is 612. The number of aromatic nitrogens is 2. The maximum atomic E-state index is 6.38. The van der Waals surface area contributed by atoms with Gasteiger partial charge in [-0.3, -0.25) is 10.5 Å². The van der Waals surface area contributed by atoms with Crippen LogP contribution in [0.15, 0.2) is 24.4 Å². The van der Waals surface area contributed by atoms with Crippen LogP contribution in [0.5, 0.6) is 5.75 Å². The summed E-state index contributed by atoms with van der Waals surface area (Å²) in [6, 6.07) is 5.64. The molecule has 0 saturated heterocycles. The third-order valence-corrected chi connectivity index (χ3v) is 3.73. The smallest absolute Gasteiger partial charge is 0.161 e. The molecule has 6 heteroatoms. The summed E-state index contributed by atoms with van der Waals surface area (Å²) in [5.74, 6) is 6.48. The van der Waals surface area contributed by atoms with Gasteiger partial charge >= 0.3 is 0 Å². The Balaban J connectivity index is 2.52. The number of hydrogen-bond acceptors (Lipinski definition) is 4. The number of benzene rings is 1. The molecule has 0 fully saturated rings. The summed E-state index contributed by atoms with van der Waals surface area (Å²) in [6.45, 7) is 4.89. The summed E-state index contributed by atoms with van der Waals surface area (Å²) in [6.07, 6.45) is 2.67. The van der Waals surface area contributed by atoms with E-state index in [-0.39, 0.29) is 6.04 Å². The molecule has 0 amide bonds. The van der Waals surface area contributed by atoms with Crippen molar-refractivity contribution in [3.8, 4) is 5.75 Å². The highest BCUT2D eigenvalue weighted by Crippen LogP contribution is 2.33. The minimum absolute atomic E-state index is 0.276.